The van der Waals surface area contributed by atoms with Gasteiger partial charge in [0.1, 0.15) is 6.04 Å². The third-order valence-electron chi connectivity index (χ3n) is 2.68. The Bertz CT molecular complexity index is 411. The van der Waals surface area contributed by atoms with E-state index in [9.17, 15) is 4.79 Å². The number of carbonyl (C=O) groups is 1. The molecule has 0 aromatic heterocycles. The van der Waals surface area contributed by atoms with Crippen LogP contribution in [0.3, 0.4) is 0 Å². The summed E-state index contributed by atoms with van der Waals surface area (Å²) in [4.78, 5) is 11.7. The topological polar surface area (TPSA) is 38.3 Å². The number of ether oxygens (including phenoxy) is 1. The van der Waals surface area contributed by atoms with Crippen molar-refractivity contribution in [3.8, 4) is 0 Å². The van der Waals surface area contributed by atoms with Crippen molar-refractivity contribution in [2.45, 2.75) is 19.4 Å². The van der Waals surface area contributed by atoms with Crippen LogP contribution < -0.4 is 5.32 Å². The lowest BCUT2D eigenvalue weighted by molar-refractivity contribution is -0.146. The van der Waals surface area contributed by atoms with Crippen LogP contribution in [-0.2, 0) is 16.0 Å². The average Bonchev–Trinajstić information content (AvgIpc) is 2.28. The highest BCUT2D eigenvalue weighted by molar-refractivity contribution is 9.10. The molecule has 0 radical (unpaired) electrons. The van der Waals surface area contributed by atoms with Crippen LogP contribution in [0.2, 0.25) is 0 Å². The number of rotatable bonds is 2. The Hall–Kier alpha value is -0.580. The first-order valence-electron chi connectivity index (χ1n) is 5.40. The second-order valence-corrected chi connectivity index (χ2v) is 4.65. The smallest absolute Gasteiger partial charge is 0.327 e. The standard InChI is InChI=1S/C12H14BrNO2.ClH/c1-2-16-12(15)11-10-4-3-9(13)7-8(10)5-6-14-11;/h3-4,7,11,14H,2,5-6H2,1H3;1H. The van der Waals surface area contributed by atoms with E-state index >= 15 is 0 Å². The number of benzene rings is 1. The fourth-order valence-corrected chi connectivity index (χ4v) is 2.38. The first kappa shape index (κ1) is 14.5. The molecule has 1 heterocycles. The van der Waals surface area contributed by atoms with Gasteiger partial charge in [0.15, 0.2) is 0 Å². The van der Waals surface area contributed by atoms with Crippen LogP contribution in [0, 0.1) is 0 Å². The van der Waals surface area contributed by atoms with Crippen LogP contribution in [0.25, 0.3) is 0 Å². The largest absolute Gasteiger partial charge is 0.465 e. The van der Waals surface area contributed by atoms with E-state index in [2.05, 4.69) is 27.3 Å². The molecule has 1 aromatic carbocycles. The number of carbonyl (C=O) groups excluding carboxylic acids is 1. The van der Waals surface area contributed by atoms with Gasteiger partial charge in [0.25, 0.3) is 0 Å². The number of nitrogens with one attached hydrogen (secondary N) is 1. The summed E-state index contributed by atoms with van der Waals surface area (Å²) in [5.41, 5.74) is 2.25. The third kappa shape index (κ3) is 3.21. The van der Waals surface area contributed by atoms with Crippen LogP contribution in [0.5, 0.6) is 0 Å². The number of hydrogen-bond donors (Lipinski definition) is 1. The predicted octanol–water partition coefficient (Wildman–Crippen LogP) is 2.62. The molecular formula is C12H15BrClNO2. The predicted molar refractivity (Wildman–Crippen MR) is 72.5 cm³/mol. The fraction of sp³-hybridized carbons (Fsp3) is 0.417. The Labute approximate surface area is 115 Å². The summed E-state index contributed by atoms with van der Waals surface area (Å²) in [6, 6.07) is 5.70. The van der Waals surface area contributed by atoms with Gasteiger partial charge in [-0.1, -0.05) is 22.0 Å². The van der Waals surface area contributed by atoms with Crippen LogP contribution in [-0.4, -0.2) is 19.1 Å². The zero-order valence-corrected chi connectivity index (χ0v) is 11.9. The van der Waals surface area contributed by atoms with Gasteiger partial charge in [-0.2, -0.15) is 0 Å². The lowest BCUT2D eigenvalue weighted by atomic mass is 9.94. The van der Waals surface area contributed by atoms with Crippen molar-refractivity contribution in [1.29, 1.82) is 0 Å². The van der Waals surface area contributed by atoms with Gasteiger partial charge in [-0.15, -0.1) is 12.4 Å². The highest BCUT2D eigenvalue weighted by Gasteiger charge is 2.26. The molecule has 1 aromatic rings. The Morgan fingerprint density at radius 2 is 2.35 bits per heavy atom. The van der Waals surface area contributed by atoms with Crippen molar-refractivity contribution in [2.75, 3.05) is 13.2 Å². The first-order chi connectivity index (χ1) is 7.72. The molecule has 5 heteroatoms. The highest BCUT2D eigenvalue weighted by atomic mass is 79.9. The van der Waals surface area contributed by atoms with E-state index in [0.29, 0.717) is 6.61 Å². The summed E-state index contributed by atoms with van der Waals surface area (Å²) >= 11 is 3.44. The second kappa shape index (κ2) is 6.38. The van der Waals surface area contributed by atoms with Crippen LogP contribution in [0.15, 0.2) is 22.7 Å². The number of hydrogen-bond acceptors (Lipinski definition) is 3. The quantitative estimate of drug-likeness (QED) is 0.851. The number of fused-ring (bicyclic) bond motifs is 1. The third-order valence-corrected chi connectivity index (χ3v) is 3.17. The molecular weight excluding hydrogens is 305 g/mol. The lowest BCUT2D eigenvalue weighted by Gasteiger charge is -2.25. The van der Waals surface area contributed by atoms with Crippen molar-refractivity contribution >= 4 is 34.3 Å². The van der Waals surface area contributed by atoms with Gasteiger partial charge in [0.2, 0.25) is 0 Å². The van der Waals surface area contributed by atoms with E-state index < -0.39 is 0 Å². The summed E-state index contributed by atoms with van der Waals surface area (Å²) in [6.07, 6.45) is 0.949. The molecule has 0 bridgehead atoms. The van der Waals surface area contributed by atoms with Gasteiger partial charge in [0, 0.05) is 11.0 Å². The fourth-order valence-electron chi connectivity index (χ4n) is 1.97. The van der Waals surface area contributed by atoms with Crippen molar-refractivity contribution in [1.82, 2.24) is 5.32 Å². The van der Waals surface area contributed by atoms with Crippen LogP contribution >= 0.6 is 28.3 Å². The zero-order valence-electron chi connectivity index (χ0n) is 9.53. The normalized spacial score (nSPS) is 17.9. The Morgan fingerprint density at radius 1 is 1.59 bits per heavy atom. The maximum Gasteiger partial charge on any atom is 0.327 e. The van der Waals surface area contributed by atoms with Gasteiger partial charge >= 0.3 is 5.97 Å². The molecule has 1 aliphatic rings. The Morgan fingerprint density at radius 3 is 3.06 bits per heavy atom. The van der Waals surface area contributed by atoms with Crippen LogP contribution in [0.1, 0.15) is 24.1 Å². The molecule has 0 saturated heterocycles. The Kier molecular flexibility index (Phi) is 5.43. The minimum Gasteiger partial charge on any atom is -0.465 e. The van der Waals surface area contributed by atoms with Crippen molar-refractivity contribution in [2.24, 2.45) is 0 Å². The molecule has 17 heavy (non-hydrogen) atoms. The van der Waals surface area contributed by atoms with E-state index in [1.54, 1.807) is 0 Å². The molecule has 0 aliphatic carbocycles. The molecule has 1 aliphatic heterocycles. The van der Waals surface area contributed by atoms with Crippen LogP contribution in [0.4, 0.5) is 0 Å². The van der Waals surface area contributed by atoms with Gasteiger partial charge < -0.3 is 10.1 Å². The molecule has 94 valence electrons. The zero-order chi connectivity index (χ0) is 11.5. The average molecular weight is 321 g/mol. The maximum absolute atomic E-state index is 11.7. The molecule has 3 nitrogen and oxygen atoms in total. The minimum atomic E-state index is -0.309. The van der Waals surface area contributed by atoms with Gasteiger partial charge in [-0.25, -0.2) is 4.79 Å². The summed E-state index contributed by atoms with van der Waals surface area (Å²) in [6.45, 7) is 3.05. The summed E-state index contributed by atoms with van der Waals surface area (Å²) < 4.78 is 6.11. The summed E-state index contributed by atoms with van der Waals surface area (Å²) in [7, 11) is 0. The molecule has 0 amide bonds. The molecule has 2 rings (SSSR count). The van der Waals surface area contributed by atoms with E-state index in [4.69, 9.17) is 4.74 Å². The summed E-state index contributed by atoms with van der Waals surface area (Å²) in [5, 5.41) is 3.19. The van der Waals surface area contributed by atoms with Gasteiger partial charge in [-0.3, -0.25) is 0 Å². The van der Waals surface area contributed by atoms with Gasteiger partial charge in [0.05, 0.1) is 6.61 Å². The number of halogens is 2. The summed E-state index contributed by atoms with van der Waals surface area (Å²) in [5.74, 6) is -0.189. The molecule has 1 N–H and O–H groups in total. The first-order valence-corrected chi connectivity index (χ1v) is 6.20. The second-order valence-electron chi connectivity index (χ2n) is 3.73. The monoisotopic (exact) mass is 319 g/mol. The van der Waals surface area contributed by atoms with Crippen molar-refractivity contribution in [3.63, 3.8) is 0 Å². The number of esters is 1. The molecule has 0 fully saturated rings. The SMILES string of the molecule is CCOC(=O)C1NCCc2cc(Br)ccc21.Cl. The molecule has 0 spiro atoms. The van der Waals surface area contributed by atoms with Gasteiger partial charge in [-0.05, 0) is 36.6 Å². The molecule has 1 unspecified atom stereocenters. The van der Waals surface area contributed by atoms with E-state index in [-0.39, 0.29) is 24.4 Å². The molecule has 1 atom stereocenters. The van der Waals surface area contributed by atoms with Crippen molar-refractivity contribution in [3.05, 3.63) is 33.8 Å². The lowest BCUT2D eigenvalue weighted by Crippen LogP contribution is -2.36. The van der Waals surface area contributed by atoms with E-state index in [0.717, 1.165) is 23.0 Å². The van der Waals surface area contributed by atoms with Crippen molar-refractivity contribution < 1.29 is 9.53 Å². The minimum absolute atomic E-state index is 0. The van der Waals surface area contributed by atoms with E-state index in [1.165, 1.54) is 5.56 Å². The molecule has 0 saturated carbocycles. The van der Waals surface area contributed by atoms with E-state index in [1.807, 2.05) is 19.1 Å². The highest BCUT2D eigenvalue weighted by Crippen LogP contribution is 2.26. The Balaban J connectivity index is 0.00000144. The maximum atomic E-state index is 11.7.